The summed E-state index contributed by atoms with van der Waals surface area (Å²) in [6, 6.07) is 8.80. The minimum atomic E-state index is -0.263. The normalized spacial score (nSPS) is 8.60. The van der Waals surface area contributed by atoms with Crippen LogP contribution in [-0.2, 0) is 0 Å². The van der Waals surface area contributed by atoms with Crippen molar-refractivity contribution in [3.63, 3.8) is 0 Å². The second kappa shape index (κ2) is 6.28. The fourth-order valence-electron chi connectivity index (χ4n) is 0.809. The third-order valence-corrected chi connectivity index (χ3v) is 1.45. The average Bonchev–Trinajstić information content (AvgIpc) is 2.88. The second-order valence-electron chi connectivity index (χ2n) is 2.42. The van der Waals surface area contributed by atoms with Crippen LogP contribution >= 0.6 is 0 Å². The predicted molar refractivity (Wildman–Crippen MR) is 52.4 cm³/mol. The first-order chi connectivity index (χ1) is 7.34. The van der Waals surface area contributed by atoms with Gasteiger partial charge < -0.3 is 4.42 Å². The van der Waals surface area contributed by atoms with Crippen LogP contribution in [0.2, 0.25) is 0 Å². The first-order valence-corrected chi connectivity index (χ1v) is 4.09. The molecule has 1 heterocycles. The number of carbonyl (C=O) groups excluding carboxylic acids is 1. The highest BCUT2D eigenvalue weighted by Crippen LogP contribution is 1.95. The number of nitrogens with one attached hydrogen (secondary N) is 1. The summed E-state index contributed by atoms with van der Waals surface area (Å²) in [5.41, 5.74) is 2.62. The van der Waals surface area contributed by atoms with Crippen molar-refractivity contribution in [1.82, 2.24) is 15.6 Å². The average molecular weight is 206 g/mol. The summed E-state index contributed by atoms with van der Waals surface area (Å²) in [5.74, 6) is 4.64. The number of carbonyl (C=O) groups is 1. The van der Waals surface area contributed by atoms with Gasteiger partial charge in [-0.1, -0.05) is 18.2 Å². The highest BCUT2D eigenvalue weighted by atomic mass is 16.3. The Hall–Kier alpha value is -2.21. The van der Waals surface area contributed by atoms with E-state index < -0.39 is 0 Å². The van der Waals surface area contributed by atoms with Gasteiger partial charge in [0.15, 0.2) is 0 Å². The molecule has 2 rings (SSSR count). The van der Waals surface area contributed by atoms with Crippen molar-refractivity contribution in [2.24, 2.45) is 5.84 Å². The van der Waals surface area contributed by atoms with Crippen molar-refractivity contribution in [2.75, 3.05) is 0 Å². The Morgan fingerprint density at radius 2 is 1.80 bits per heavy atom. The lowest BCUT2D eigenvalue weighted by molar-refractivity contribution is 0.0953. The van der Waals surface area contributed by atoms with Crippen LogP contribution in [0, 0.1) is 0 Å². The lowest BCUT2D eigenvalue weighted by Gasteiger charge is -1.95. The van der Waals surface area contributed by atoms with Gasteiger partial charge in [-0.25, -0.2) is 5.84 Å². The fraction of sp³-hybridized carbons (Fsp3) is 0. The molecule has 78 valence electrons. The molecule has 2 aromatic rings. The number of amides is 1. The van der Waals surface area contributed by atoms with Crippen LogP contribution in [0.5, 0.6) is 0 Å². The lowest BCUT2D eigenvalue weighted by atomic mass is 10.2. The predicted octanol–water partition coefficient (Wildman–Crippen LogP) is 0.360. The largest absolute Gasteiger partial charge is 0.431 e. The van der Waals surface area contributed by atoms with E-state index in [-0.39, 0.29) is 5.91 Å². The maximum absolute atomic E-state index is 10.8. The molecule has 1 aromatic carbocycles. The molecule has 0 aliphatic rings. The molecule has 6 nitrogen and oxygen atoms in total. The van der Waals surface area contributed by atoms with E-state index in [9.17, 15) is 4.79 Å². The zero-order chi connectivity index (χ0) is 10.9. The quantitative estimate of drug-likeness (QED) is 0.399. The summed E-state index contributed by atoms with van der Waals surface area (Å²) in [6.45, 7) is 0. The van der Waals surface area contributed by atoms with Gasteiger partial charge in [0, 0.05) is 5.56 Å². The smallest absolute Gasteiger partial charge is 0.265 e. The van der Waals surface area contributed by atoms with Crippen LogP contribution in [0.3, 0.4) is 0 Å². The minimum Gasteiger partial charge on any atom is -0.431 e. The SMILES string of the molecule is NNC(=O)c1ccccc1.c1nnco1. The highest BCUT2D eigenvalue weighted by Gasteiger charge is 1.98. The number of aromatic nitrogens is 2. The van der Waals surface area contributed by atoms with Crippen LogP contribution in [0.15, 0.2) is 47.5 Å². The molecule has 0 aliphatic heterocycles. The van der Waals surface area contributed by atoms with Crippen LogP contribution < -0.4 is 11.3 Å². The zero-order valence-electron chi connectivity index (χ0n) is 7.83. The second-order valence-corrected chi connectivity index (χ2v) is 2.42. The monoisotopic (exact) mass is 206 g/mol. The molecular weight excluding hydrogens is 196 g/mol. The van der Waals surface area contributed by atoms with Gasteiger partial charge in [0.05, 0.1) is 0 Å². The first-order valence-electron chi connectivity index (χ1n) is 4.09. The van der Waals surface area contributed by atoms with Crippen molar-refractivity contribution >= 4 is 5.91 Å². The molecule has 0 atom stereocenters. The van der Waals surface area contributed by atoms with Gasteiger partial charge in [-0.15, -0.1) is 10.2 Å². The number of rotatable bonds is 1. The Bertz CT molecular complexity index is 357. The molecule has 0 aliphatic carbocycles. The molecule has 0 saturated carbocycles. The van der Waals surface area contributed by atoms with Crippen molar-refractivity contribution in [3.05, 3.63) is 48.7 Å². The van der Waals surface area contributed by atoms with Crippen LogP contribution in [0.25, 0.3) is 0 Å². The molecule has 0 fully saturated rings. The number of nitrogens with zero attached hydrogens (tertiary/aromatic N) is 2. The zero-order valence-corrected chi connectivity index (χ0v) is 7.83. The van der Waals surface area contributed by atoms with Gasteiger partial charge in [0.25, 0.3) is 5.91 Å². The summed E-state index contributed by atoms with van der Waals surface area (Å²) in [5, 5.41) is 6.61. The highest BCUT2D eigenvalue weighted by molar-refractivity contribution is 5.93. The summed E-state index contributed by atoms with van der Waals surface area (Å²) in [7, 11) is 0. The third-order valence-electron chi connectivity index (χ3n) is 1.45. The van der Waals surface area contributed by atoms with Gasteiger partial charge in [-0.05, 0) is 12.1 Å². The number of nitrogens with two attached hydrogens (primary N) is 1. The van der Waals surface area contributed by atoms with Crippen molar-refractivity contribution < 1.29 is 9.21 Å². The van der Waals surface area contributed by atoms with E-state index in [1.165, 1.54) is 12.8 Å². The Kier molecular flexibility index (Phi) is 4.55. The van der Waals surface area contributed by atoms with E-state index in [0.717, 1.165) is 0 Å². The van der Waals surface area contributed by atoms with Crippen molar-refractivity contribution in [2.45, 2.75) is 0 Å². The minimum absolute atomic E-state index is 0.263. The fourth-order valence-corrected chi connectivity index (χ4v) is 0.809. The van der Waals surface area contributed by atoms with Gasteiger partial charge in [-0.2, -0.15) is 0 Å². The molecule has 15 heavy (non-hydrogen) atoms. The molecular formula is C9H10N4O2. The number of nitrogen functional groups attached to an aromatic ring is 1. The summed E-state index contributed by atoms with van der Waals surface area (Å²) >= 11 is 0. The van der Waals surface area contributed by atoms with Crippen LogP contribution in [0.4, 0.5) is 0 Å². The standard InChI is InChI=1S/C7H8N2O.C2H2N2O/c8-9-7(10)6-4-2-1-3-5-6;1-3-4-2-5-1/h1-5H,8H2,(H,9,10);1-2H. The number of hydrogen-bond acceptors (Lipinski definition) is 5. The molecule has 1 amide bonds. The Labute approximate surface area is 86.1 Å². The van der Waals surface area contributed by atoms with Gasteiger partial charge in [0.1, 0.15) is 0 Å². The van der Waals surface area contributed by atoms with E-state index in [1.54, 1.807) is 24.3 Å². The number of hydrogen-bond donors (Lipinski definition) is 2. The van der Waals surface area contributed by atoms with E-state index in [0.29, 0.717) is 5.56 Å². The molecule has 1 aromatic heterocycles. The number of benzene rings is 1. The van der Waals surface area contributed by atoms with Gasteiger partial charge >= 0.3 is 0 Å². The van der Waals surface area contributed by atoms with Crippen molar-refractivity contribution in [1.29, 1.82) is 0 Å². The molecule has 6 heteroatoms. The molecule has 0 saturated heterocycles. The Morgan fingerprint density at radius 1 is 1.20 bits per heavy atom. The molecule has 0 radical (unpaired) electrons. The van der Waals surface area contributed by atoms with E-state index in [2.05, 4.69) is 14.6 Å². The Morgan fingerprint density at radius 3 is 2.20 bits per heavy atom. The van der Waals surface area contributed by atoms with Crippen LogP contribution in [0.1, 0.15) is 10.4 Å². The van der Waals surface area contributed by atoms with E-state index in [4.69, 9.17) is 5.84 Å². The van der Waals surface area contributed by atoms with Crippen LogP contribution in [-0.4, -0.2) is 16.1 Å². The van der Waals surface area contributed by atoms with E-state index in [1.807, 2.05) is 11.5 Å². The maximum atomic E-state index is 10.8. The lowest BCUT2D eigenvalue weighted by Crippen LogP contribution is -2.29. The number of hydrazine groups is 1. The summed E-state index contributed by atoms with van der Waals surface area (Å²) in [6.07, 6.45) is 2.53. The summed E-state index contributed by atoms with van der Waals surface area (Å²) in [4.78, 5) is 10.8. The van der Waals surface area contributed by atoms with E-state index >= 15 is 0 Å². The molecule has 0 spiro atoms. The first kappa shape index (κ1) is 10.9. The summed E-state index contributed by atoms with van der Waals surface area (Å²) < 4.78 is 4.36. The molecule has 3 N–H and O–H groups in total. The topological polar surface area (TPSA) is 94.0 Å². The Balaban J connectivity index is 0.000000187. The molecule has 0 unspecified atom stereocenters. The van der Waals surface area contributed by atoms with Gasteiger partial charge in [-0.3, -0.25) is 10.2 Å². The van der Waals surface area contributed by atoms with Crippen molar-refractivity contribution in [3.8, 4) is 0 Å². The van der Waals surface area contributed by atoms with Gasteiger partial charge in [0.2, 0.25) is 12.8 Å². The third kappa shape index (κ3) is 4.01. The molecule has 0 bridgehead atoms. The maximum Gasteiger partial charge on any atom is 0.265 e.